The van der Waals surface area contributed by atoms with Gasteiger partial charge in [-0.15, -0.1) is 0 Å². The van der Waals surface area contributed by atoms with Crippen LogP contribution in [0, 0.1) is 5.92 Å². The molecule has 3 aromatic rings. The minimum absolute atomic E-state index is 0.0180. The van der Waals surface area contributed by atoms with Gasteiger partial charge in [-0.2, -0.15) is 0 Å². The van der Waals surface area contributed by atoms with Crippen LogP contribution in [-0.2, 0) is 0 Å². The molecule has 3 N–H and O–H groups in total. The monoisotopic (exact) mass is 432 g/mol. The van der Waals surface area contributed by atoms with E-state index in [9.17, 15) is 20.1 Å². The number of phenols is 3. The van der Waals surface area contributed by atoms with Gasteiger partial charge in [0.05, 0.1) is 12.7 Å². The van der Waals surface area contributed by atoms with E-state index in [2.05, 4.69) is 0 Å². The number of Topliss-reactive ketones (excluding diaryl/α,β-unsaturated/α-hetero) is 1. The Morgan fingerprint density at radius 3 is 2.31 bits per heavy atom. The molecule has 0 radical (unpaired) electrons. The predicted molar refractivity (Wildman–Crippen MR) is 123 cm³/mol. The van der Waals surface area contributed by atoms with Crippen molar-refractivity contribution in [2.24, 2.45) is 5.92 Å². The van der Waals surface area contributed by atoms with Crippen molar-refractivity contribution >= 4 is 5.78 Å². The molecular formula is C27H28O5. The molecule has 3 unspecified atom stereocenters. The van der Waals surface area contributed by atoms with Gasteiger partial charge >= 0.3 is 0 Å². The van der Waals surface area contributed by atoms with Crippen molar-refractivity contribution < 1.29 is 24.9 Å². The Hall–Kier alpha value is -3.47. The standard InChI is InChI=1S/C27H28O5/c1-32-26-8-3-2-6-23(26)27(31)18-5-4-7-21(22-14-13-20(29)16-25(22)30)24(15-18)17-9-11-19(28)12-10-17/h2-3,6,8-14,16,18,21,24,28-30H,4-5,7,15H2,1H3. The van der Waals surface area contributed by atoms with Crippen LogP contribution in [0.1, 0.15) is 59.0 Å². The first-order valence-corrected chi connectivity index (χ1v) is 11.0. The Labute approximate surface area is 187 Å². The van der Waals surface area contributed by atoms with Crippen molar-refractivity contribution in [2.75, 3.05) is 7.11 Å². The second kappa shape index (κ2) is 9.35. The maximum Gasteiger partial charge on any atom is 0.169 e. The maximum absolute atomic E-state index is 13.5. The van der Waals surface area contributed by atoms with Crippen molar-refractivity contribution in [3.63, 3.8) is 0 Å². The first-order chi connectivity index (χ1) is 15.5. The topological polar surface area (TPSA) is 87.0 Å². The Bertz CT molecular complexity index is 1090. The average Bonchev–Trinajstić information content (AvgIpc) is 3.02. The number of aromatic hydroxyl groups is 3. The molecule has 3 atom stereocenters. The lowest BCUT2D eigenvalue weighted by molar-refractivity contribution is 0.0900. The summed E-state index contributed by atoms with van der Waals surface area (Å²) in [6, 6.07) is 19.1. The second-order valence-electron chi connectivity index (χ2n) is 8.48. The molecule has 1 fully saturated rings. The van der Waals surface area contributed by atoms with Gasteiger partial charge in [0.25, 0.3) is 0 Å². The molecule has 3 aromatic carbocycles. The number of hydrogen-bond acceptors (Lipinski definition) is 5. The zero-order chi connectivity index (χ0) is 22.7. The number of hydrogen-bond donors (Lipinski definition) is 3. The molecule has 0 spiro atoms. The summed E-state index contributed by atoms with van der Waals surface area (Å²) in [6.45, 7) is 0. The first kappa shape index (κ1) is 21.8. The van der Waals surface area contributed by atoms with Crippen LogP contribution in [-0.4, -0.2) is 28.2 Å². The number of methoxy groups -OCH3 is 1. The molecule has 0 amide bonds. The van der Waals surface area contributed by atoms with E-state index < -0.39 is 0 Å². The summed E-state index contributed by atoms with van der Waals surface area (Å²) in [7, 11) is 1.57. The third-order valence-electron chi connectivity index (χ3n) is 6.57. The van der Waals surface area contributed by atoms with Crippen LogP contribution in [0.25, 0.3) is 0 Å². The van der Waals surface area contributed by atoms with E-state index in [1.165, 1.54) is 6.07 Å². The number of phenolic OH excluding ortho intramolecular Hbond substituents is 3. The predicted octanol–water partition coefficient (Wildman–Crippen LogP) is 5.75. The summed E-state index contributed by atoms with van der Waals surface area (Å²) in [4.78, 5) is 13.5. The van der Waals surface area contributed by atoms with E-state index in [1.807, 2.05) is 30.3 Å². The third-order valence-corrected chi connectivity index (χ3v) is 6.57. The van der Waals surface area contributed by atoms with Crippen LogP contribution in [0.2, 0.25) is 0 Å². The molecule has 4 rings (SSSR count). The molecule has 5 heteroatoms. The minimum Gasteiger partial charge on any atom is -0.508 e. The summed E-state index contributed by atoms with van der Waals surface area (Å²) < 4.78 is 5.43. The zero-order valence-electron chi connectivity index (χ0n) is 18.1. The lowest BCUT2D eigenvalue weighted by atomic mass is 9.76. The van der Waals surface area contributed by atoms with Gasteiger partial charge in [-0.1, -0.05) is 36.8 Å². The highest BCUT2D eigenvalue weighted by Gasteiger charge is 2.35. The lowest BCUT2D eigenvalue weighted by Gasteiger charge is -2.28. The molecule has 1 saturated carbocycles. The number of benzene rings is 3. The highest BCUT2D eigenvalue weighted by Crippen LogP contribution is 2.48. The van der Waals surface area contributed by atoms with E-state index in [-0.39, 0.29) is 40.8 Å². The second-order valence-corrected chi connectivity index (χ2v) is 8.48. The number of rotatable bonds is 5. The Balaban J connectivity index is 1.72. The molecule has 1 aliphatic rings. The zero-order valence-corrected chi connectivity index (χ0v) is 18.1. The summed E-state index contributed by atoms with van der Waals surface area (Å²) in [5, 5.41) is 30.1. The Morgan fingerprint density at radius 2 is 1.59 bits per heavy atom. The molecule has 0 aromatic heterocycles. The van der Waals surface area contributed by atoms with E-state index in [4.69, 9.17) is 4.74 Å². The lowest BCUT2D eigenvalue weighted by Crippen LogP contribution is -2.19. The van der Waals surface area contributed by atoms with Crippen LogP contribution in [0.15, 0.2) is 66.7 Å². The van der Waals surface area contributed by atoms with Crippen LogP contribution in [0.4, 0.5) is 0 Å². The van der Waals surface area contributed by atoms with E-state index in [0.717, 1.165) is 30.4 Å². The summed E-state index contributed by atoms with van der Waals surface area (Å²) >= 11 is 0. The van der Waals surface area contributed by atoms with Gasteiger partial charge in [0.1, 0.15) is 23.0 Å². The van der Waals surface area contributed by atoms with Crippen LogP contribution in [0.3, 0.4) is 0 Å². The molecule has 0 heterocycles. The van der Waals surface area contributed by atoms with Crippen molar-refractivity contribution in [3.8, 4) is 23.0 Å². The number of ketones is 1. The molecule has 32 heavy (non-hydrogen) atoms. The quantitative estimate of drug-likeness (QED) is 0.353. The number of carbonyl (C=O) groups is 1. The van der Waals surface area contributed by atoms with Crippen molar-refractivity contribution in [3.05, 3.63) is 83.4 Å². The molecule has 0 aliphatic heterocycles. The van der Waals surface area contributed by atoms with Crippen molar-refractivity contribution in [1.82, 2.24) is 0 Å². The highest BCUT2D eigenvalue weighted by molar-refractivity contribution is 6.00. The largest absolute Gasteiger partial charge is 0.508 e. The van der Waals surface area contributed by atoms with E-state index >= 15 is 0 Å². The van der Waals surface area contributed by atoms with Gasteiger partial charge < -0.3 is 20.1 Å². The van der Waals surface area contributed by atoms with Gasteiger partial charge in [-0.25, -0.2) is 0 Å². The summed E-state index contributed by atoms with van der Waals surface area (Å²) in [5.41, 5.74) is 2.38. The fourth-order valence-electron chi connectivity index (χ4n) is 4.99. The molecule has 0 saturated heterocycles. The average molecular weight is 433 g/mol. The SMILES string of the molecule is COc1ccccc1C(=O)C1CCCC(c2ccc(O)cc2O)C(c2ccc(O)cc2)C1. The van der Waals surface area contributed by atoms with Crippen molar-refractivity contribution in [2.45, 2.75) is 37.5 Å². The van der Waals surface area contributed by atoms with Gasteiger partial charge in [-0.3, -0.25) is 4.79 Å². The Kier molecular flexibility index (Phi) is 6.35. The molecular weight excluding hydrogens is 404 g/mol. The minimum atomic E-state index is -0.186. The fourth-order valence-corrected chi connectivity index (χ4v) is 4.99. The molecule has 1 aliphatic carbocycles. The normalized spacial score (nSPS) is 21.0. The molecule has 5 nitrogen and oxygen atoms in total. The van der Waals surface area contributed by atoms with Crippen LogP contribution in [0.5, 0.6) is 23.0 Å². The third kappa shape index (κ3) is 4.42. The highest BCUT2D eigenvalue weighted by atomic mass is 16.5. The van der Waals surface area contributed by atoms with Crippen LogP contribution < -0.4 is 4.74 Å². The summed E-state index contributed by atoms with van der Waals surface area (Å²) in [6.07, 6.45) is 3.01. The number of para-hydroxylation sites is 1. The van der Waals surface area contributed by atoms with Gasteiger partial charge in [0.15, 0.2) is 5.78 Å². The molecule has 166 valence electrons. The number of carbonyl (C=O) groups excluding carboxylic acids is 1. The van der Waals surface area contributed by atoms with Gasteiger partial charge in [-0.05, 0) is 72.6 Å². The number of ether oxygens (including phenoxy) is 1. The maximum atomic E-state index is 13.5. The molecule has 0 bridgehead atoms. The van der Waals surface area contributed by atoms with Gasteiger partial charge in [0.2, 0.25) is 0 Å². The summed E-state index contributed by atoms with van der Waals surface area (Å²) in [5.74, 6) is 0.686. The van der Waals surface area contributed by atoms with Crippen LogP contribution >= 0.6 is 0 Å². The van der Waals surface area contributed by atoms with E-state index in [0.29, 0.717) is 17.7 Å². The smallest absolute Gasteiger partial charge is 0.169 e. The fraction of sp³-hybridized carbons (Fsp3) is 0.296. The van der Waals surface area contributed by atoms with E-state index in [1.54, 1.807) is 37.4 Å². The van der Waals surface area contributed by atoms with Crippen molar-refractivity contribution in [1.29, 1.82) is 0 Å². The van der Waals surface area contributed by atoms with Gasteiger partial charge in [0, 0.05) is 12.0 Å². The first-order valence-electron chi connectivity index (χ1n) is 11.0. The Morgan fingerprint density at radius 1 is 0.875 bits per heavy atom.